The molecule has 0 saturated heterocycles. The lowest BCUT2D eigenvalue weighted by molar-refractivity contribution is -0.395. The van der Waals surface area contributed by atoms with Gasteiger partial charge in [0.05, 0.1) is 15.4 Å². The molecule has 0 atom stereocenters. The van der Waals surface area contributed by atoms with Gasteiger partial charge in [-0.3, -0.25) is 25.0 Å². The third-order valence-corrected chi connectivity index (χ3v) is 3.78. The number of benzene rings is 2. The van der Waals surface area contributed by atoms with Crippen molar-refractivity contribution in [3.05, 3.63) is 79.4 Å². The summed E-state index contributed by atoms with van der Waals surface area (Å²) < 4.78 is 0. The summed E-state index contributed by atoms with van der Waals surface area (Å²) in [5.41, 5.74) is 0.0879. The summed E-state index contributed by atoms with van der Waals surface area (Å²) in [6, 6.07) is 11.9. The Bertz CT molecular complexity index is 770. The number of aryl methyl sites for hydroxylation is 1. The van der Waals surface area contributed by atoms with E-state index in [-0.39, 0.29) is 11.1 Å². The molecule has 8 heteroatoms. The third-order valence-electron chi connectivity index (χ3n) is 3.78. The standard InChI is InChI=1S/C17H17N3O5/c1-12-15(19(22)23)10-14(11-16(12)20(24)25)17(21)18-9-5-8-13-6-3-2-4-7-13/h2-4,6-7,10-11H,5,8-9H2,1H3,(H,18,21). The fourth-order valence-electron chi connectivity index (χ4n) is 2.44. The summed E-state index contributed by atoms with van der Waals surface area (Å²) in [5, 5.41) is 24.7. The highest BCUT2D eigenvalue weighted by atomic mass is 16.6. The Balaban J connectivity index is 2.05. The zero-order valence-electron chi connectivity index (χ0n) is 13.6. The van der Waals surface area contributed by atoms with Gasteiger partial charge in [-0.25, -0.2) is 0 Å². The summed E-state index contributed by atoms with van der Waals surface area (Å²) in [4.78, 5) is 32.8. The number of nitrogens with zero attached hydrogens (tertiary/aromatic N) is 2. The quantitative estimate of drug-likeness (QED) is 0.471. The highest BCUT2D eigenvalue weighted by Crippen LogP contribution is 2.29. The smallest absolute Gasteiger partial charge is 0.279 e. The second-order valence-electron chi connectivity index (χ2n) is 5.50. The van der Waals surface area contributed by atoms with Gasteiger partial charge in [0.15, 0.2) is 0 Å². The van der Waals surface area contributed by atoms with Crippen LogP contribution in [0.25, 0.3) is 0 Å². The van der Waals surface area contributed by atoms with Gasteiger partial charge in [0, 0.05) is 18.7 Å². The molecule has 2 aromatic carbocycles. The number of rotatable bonds is 7. The second kappa shape index (κ2) is 8.00. The number of nitro benzene ring substituents is 2. The molecular weight excluding hydrogens is 326 g/mol. The van der Waals surface area contributed by atoms with Crippen LogP contribution in [0.15, 0.2) is 42.5 Å². The molecule has 2 rings (SSSR count). The molecule has 0 aliphatic carbocycles. The van der Waals surface area contributed by atoms with Crippen LogP contribution in [0, 0.1) is 27.2 Å². The highest BCUT2D eigenvalue weighted by molar-refractivity contribution is 5.96. The normalized spacial score (nSPS) is 10.3. The molecule has 1 N–H and O–H groups in total. The minimum atomic E-state index is -0.728. The van der Waals surface area contributed by atoms with E-state index in [1.807, 2.05) is 30.3 Å². The number of carbonyl (C=O) groups is 1. The monoisotopic (exact) mass is 343 g/mol. The van der Waals surface area contributed by atoms with E-state index in [9.17, 15) is 25.0 Å². The predicted molar refractivity (Wildman–Crippen MR) is 91.6 cm³/mol. The van der Waals surface area contributed by atoms with Crippen LogP contribution in [0.2, 0.25) is 0 Å². The summed E-state index contributed by atoms with van der Waals surface area (Å²) in [5.74, 6) is -0.570. The zero-order valence-corrected chi connectivity index (χ0v) is 13.6. The topological polar surface area (TPSA) is 115 Å². The van der Waals surface area contributed by atoms with Gasteiger partial charge in [-0.1, -0.05) is 30.3 Å². The van der Waals surface area contributed by atoms with Crippen LogP contribution in [0.3, 0.4) is 0 Å². The van der Waals surface area contributed by atoms with E-state index in [0.717, 1.165) is 24.1 Å². The maximum Gasteiger partial charge on any atom is 0.279 e. The molecule has 0 saturated carbocycles. The predicted octanol–water partition coefficient (Wildman–Crippen LogP) is 3.17. The van der Waals surface area contributed by atoms with Crippen LogP contribution in [0.4, 0.5) is 11.4 Å². The number of carbonyl (C=O) groups excluding carboxylic acids is 1. The van der Waals surface area contributed by atoms with Crippen molar-refractivity contribution in [2.75, 3.05) is 6.54 Å². The lowest BCUT2D eigenvalue weighted by Crippen LogP contribution is -2.25. The molecule has 0 fully saturated rings. The fourth-order valence-corrected chi connectivity index (χ4v) is 2.44. The first-order chi connectivity index (χ1) is 11.9. The molecule has 25 heavy (non-hydrogen) atoms. The number of nitro groups is 2. The van der Waals surface area contributed by atoms with Gasteiger partial charge in [-0.15, -0.1) is 0 Å². The summed E-state index contributed by atoms with van der Waals surface area (Å²) in [6.45, 7) is 1.65. The van der Waals surface area contributed by atoms with E-state index >= 15 is 0 Å². The summed E-state index contributed by atoms with van der Waals surface area (Å²) in [6.07, 6.45) is 1.46. The van der Waals surface area contributed by atoms with Gasteiger partial charge in [-0.2, -0.15) is 0 Å². The Morgan fingerprint density at radius 2 is 1.60 bits per heavy atom. The highest BCUT2D eigenvalue weighted by Gasteiger charge is 2.25. The Labute approximate surface area is 143 Å². The molecule has 2 aromatic rings. The number of hydrogen-bond donors (Lipinski definition) is 1. The molecule has 0 heterocycles. The maximum atomic E-state index is 12.2. The van der Waals surface area contributed by atoms with Crippen molar-refractivity contribution < 1.29 is 14.6 Å². The van der Waals surface area contributed by atoms with E-state index in [0.29, 0.717) is 13.0 Å². The van der Waals surface area contributed by atoms with Gasteiger partial charge in [0.25, 0.3) is 17.3 Å². The second-order valence-corrected chi connectivity index (χ2v) is 5.50. The SMILES string of the molecule is Cc1c([N+](=O)[O-])cc(C(=O)NCCCc2ccccc2)cc1[N+](=O)[O-]. The van der Waals surface area contributed by atoms with Gasteiger partial charge in [0.2, 0.25) is 0 Å². The van der Waals surface area contributed by atoms with E-state index in [1.165, 1.54) is 6.92 Å². The molecule has 0 bridgehead atoms. The Kier molecular flexibility index (Phi) is 5.78. The maximum absolute atomic E-state index is 12.2. The summed E-state index contributed by atoms with van der Waals surface area (Å²) in [7, 11) is 0. The number of nitrogens with one attached hydrogen (secondary N) is 1. The van der Waals surface area contributed by atoms with Crippen molar-refractivity contribution >= 4 is 17.3 Å². The molecule has 0 aliphatic rings. The van der Waals surface area contributed by atoms with Gasteiger partial charge >= 0.3 is 0 Å². The molecule has 0 aromatic heterocycles. The number of amides is 1. The first-order valence-electron chi connectivity index (χ1n) is 7.65. The van der Waals surface area contributed by atoms with Crippen molar-refractivity contribution in [3.63, 3.8) is 0 Å². The van der Waals surface area contributed by atoms with E-state index in [2.05, 4.69) is 5.32 Å². The average molecular weight is 343 g/mol. The van der Waals surface area contributed by atoms with Crippen LogP contribution >= 0.6 is 0 Å². The minimum Gasteiger partial charge on any atom is -0.352 e. The molecule has 1 amide bonds. The molecule has 130 valence electrons. The van der Waals surface area contributed by atoms with Gasteiger partial charge < -0.3 is 5.32 Å². The molecule has 8 nitrogen and oxygen atoms in total. The first-order valence-corrected chi connectivity index (χ1v) is 7.65. The minimum absolute atomic E-state index is 0.0735. The summed E-state index contributed by atoms with van der Waals surface area (Å²) >= 11 is 0. The van der Waals surface area contributed by atoms with Crippen molar-refractivity contribution in [1.82, 2.24) is 5.32 Å². The van der Waals surface area contributed by atoms with Crippen LogP contribution in [-0.2, 0) is 6.42 Å². The Morgan fingerprint density at radius 3 is 2.12 bits per heavy atom. The van der Waals surface area contributed by atoms with E-state index < -0.39 is 27.1 Å². The molecule has 0 spiro atoms. The van der Waals surface area contributed by atoms with Crippen LogP contribution in [0.1, 0.15) is 27.9 Å². The zero-order chi connectivity index (χ0) is 18.4. The molecular formula is C17H17N3O5. The van der Waals surface area contributed by atoms with Crippen molar-refractivity contribution in [2.45, 2.75) is 19.8 Å². The van der Waals surface area contributed by atoms with Gasteiger partial charge in [0.1, 0.15) is 5.56 Å². The lowest BCUT2D eigenvalue weighted by atomic mass is 10.1. The van der Waals surface area contributed by atoms with Crippen molar-refractivity contribution in [1.29, 1.82) is 0 Å². The van der Waals surface area contributed by atoms with Crippen molar-refractivity contribution in [2.24, 2.45) is 0 Å². The first kappa shape index (κ1) is 18.1. The average Bonchev–Trinajstić information content (AvgIpc) is 2.59. The number of hydrogen-bond acceptors (Lipinski definition) is 5. The molecule has 0 unspecified atom stereocenters. The largest absolute Gasteiger partial charge is 0.352 e. The van der Waals surface area contributed by atoms with Crippen molar-refractivity contribution in [3.8, 4) is 0 Å². The van der Waals surface area contributed by atoms with E-state index in [1.54, 1.807) is 0 Å². The van der Waals surface area contributed by atoms with Gasteiger partial charge in [-0.05, 0) is 25.3 Å². The molecule has 0 radical (unpaired) electrons. The fraction of sp³-hybridized carbons (Fsp3) is 0.235. The Morgan fingerprint density at radius 1 is 1.04 bits per heavy atom. The van der Waals surface area contributed by atoms with E-state index in [4.69, 9.17) is 0 Å². The molecule has 0 aliphatic heterocycles. The lowest BCUT2D eigenvalue weighted by Gasteiger charge is -2.07. The van der Waals surface area contributed by atoms with Crippen LogP contribution < -0.4 is 5.32 Å². The van der Waals surface area contributed by atoms with Crippen LogP contribution in [-0.4, -0.2) is 22.3 Å². The Hall–Kier alpha value is -3.29. The third kappa shape index (κ3) is 4.60. The van der Waals surface area contributed by atoms with Crippen LogP contribution in [0.5, 0.6) is 0 Å².